The molecule has 0 spiro atoms. The van der Waals surface area contributed by atoms with Crippen molar-refractivity contribution < 1.29 is 9.84 Å². The molecule has 0 atom stereocenters. The molecule has 3 nitrogen and oxygen atoms in total. The maximum absolute atomic E-state index is 9.21. The molecule has 0 amide bonds. The van der Waals surface area contributed by atoms with Gasteiger partial charge in [0.25, 0.3) is 0 Å². The molecule has 0 aromatic heterocycles. The Hall–Kier alpha value is -2.16. The average Bonchev–Trinajstić information content (AvgIpc) is 2.39. The second-order valence-electron chi connectivity index (χ2n) is 4.20. The standard InChI is InChI=1S/C15H17NO2/c1-11-9-14(18-2)7-8-15(11)16-10-12-3-5-13(17)6-4-12/h3-9,16-17H,10H2,1-2H3. The highest BCUT2D eigenvalue weighted by Gasteiger charge is 2.00. The number of hydrogen-bond acceptors (Lipinski definition) is 3. The predicted octanol–water partition coefficient (Wildman–Crippen LogP) is 3.32. The fourth-order valence-electron chi connectivity index (χ4n) is 1.77. The lowest BCUT2D eigenvalue weighted by Gasteiger charge is -2.11. The Morgan fingerprint density at radius 2 is 1.83 bits per heavy atom. The van der Waals surface area contributed by atoms with Crippen molar-refractivity contribution in [3.63, 3.8) is 0 Å². The number of methoxy groups -OCH3 is 1. The molecule has 0 aliphatic carbocycles. The van der Waals surface area contributed by atoms with Gasteiger partial charge in [0.1, 0.15) is 11.5 Å². The van der Waals surface area contributed by atoms with E-state index in [0.717, 1.165) is 29.1 Å². The fraction of sp³-hybridized carbons (Fsp3) is 0.200. The van der Waals surface area contributed by atoms with E-state index in [4.69, 9.17) is 4.74 Å². The Bertz CT molecular complexity index is 521. The zero-order chi connectivity index (χ0) is 13.0. The van der Waals surface area contributed by atoms with Crippen molar-refractivity contribution in [3.8, 4) is 11.5 Å². The van der Waals surface area contributed by atoms with Crippen LogP contribution in [0.4, 0.5) is 5.69 Å². The number of rotatable bonds is 4. The van der Waals surface area contributed by atoms with Gasteiger partial charge in [-0.05, 0) is 48.4 Å². The summed E-state index contributed by atoms with van der Waals surface area (Å²) >= 11 is 0. The van der Waals surface area contributed by atoms with Gasteiger partial charge in [0.2, 0.25) is 0 Å². The van der Waals surface area contributed by atoms with Crippen LogP contribution in [-0.2, 0) is 6.54 Å². The van der Waals surface area contributed by atoms with Crippen molar-refractivity contribution >= 4 is 5.69 Å². The van der Waals surface area contributed by atoms with Crippen molar-refractivity contribution in [1.29, 1.82) is 0 Å². The minimum Gasteiger partial charge on any atom is -0.508 e. The Morgan fingerprint density at radius 1 is 1.11 bits per heavy atom. The lowest BCUT2D eigenvalue weighted by atomic mass is 10.1. The van der Waals surface area contributed by atoms with E-state index in [2.05, 4.69) is 5.32 Å². The molecule has 2 aromatic carbocycles. The number of aryl methyl sites for hydroxylation is 1. The van der Waals surface area contributed by atoms with E-state index in [0.29, 0.717) is 5.75 Å². The van der Waals surface area contributed by atoms with Crippen molar-refractivity contribution in [3.05, 3.63) is 53.6 Å². The number of phenolic OH excluding ortho intramolecular Hbond substituents is 1. The molecule has 0 bridgehead atoms. The van der Waals surface area contributed by atoms with Gasteiger partial charge in [-0.2, -0.15) is 0 Å². The van der Waals surface area contributed by atoms with E-state index in [1.807, 2.05) is 37.3 Å². The van der Waals surface area contributed by atoms with E-state index in [9.17, 15) is 5.11 Å². The van der Waals surface area contributed by atoms with Gasteiger partial charge in [-0.15, -0.1) is 0 Å². The Labute approximate surface area is 107 Å². The van der Waals surface area contributed by atoms with Crippen LogP contribution in [0.5, 0.6) is 11.5 Å². The Kier molecular flexibility index (Phi) is 3.72. The molecule has 0 unspecified atom stereocenters. The topological polar surface area (TPSA) is 41.5 Å². The monoisotopic (exact) mass is 243 g/mol. The summed E-state index contributed by atoms with van der Waals surface area (Å²) in [4.78, 5) is 0. The lowest BCUT2D eigenvalue weighted by Crippen LogP contribution is -2.01. The summed E-state index contributed by atoms with van der Waals surface area (Å²) in [5.41, 5.74) is 3.36. The highest BCUT2D eigenvalue weighted by Crippen LogP contribution is 2.21. The third-order valence-corrected chi connectivity index (χ3v) is 2.85. The van der Waals surface area contributed by atoms with Gasteiger partial charge in [0, 0.05) is 12.2 Å². The maximum atomic E-state index is 9.21. The molecule has 94 valence electrons. The van der Waals surface area contributed by atoms with Crippen molar-refractivity contribution in [2.45, 2.75) is 13.5 Å². The van der Waals surface area contributed by atoms with Gasteiger partial charge in [0.15, 0.2) is 0 Å². The van der Waals surface area contributed by atoms with E-state index < -0.39 is 0 Å². The van der Waals surface area contributed by atoms with Gasteiger partial charge in [-0.1, -0.05) is 12.1 Å². The zero-order valence-electron chi connectivity index (χ0n) is 10.6. The van der Waals surface area contributed by atoms with Crippen LogP contribution in [0, 0.1) is 6.92 Å². The second-order valence-corrected chi connectivity index (χ2v) is 4.20. The molecule has 2 aromatic rings. The van der Waals surface area contributed by atoms with Crippen LogP contribution in [-0.4, -0.2) is 12.2 Å². The van der Waals surface area contributed by atoms with Crippen LogP contribution >= 0.6 is 0 Å². The summed E-state index contributed by atoms with van der Waals surface area (Å²) in [5.74, 6) is 1.15. The molecular weight excluding hydrogens is 226 g/mol. The molecule has 0 saturated carbocycles. The van der Waals surface area contributed by atoms with Crippen molar-refractivity contribution in [2.24, 2.45) is 0 Å². The number of nitrogens with one attached hydrogen (secondary N) is 1. The molecular formula is C15H17NO2. The Balaban J connectivity index is 2.04. The number of benzene rings is 2. The molecule has 3 heteroatoms. The van der Waals surface area contributed by atoms with E-state index in [1.165, 1.54) is 0 Å². The van der Waals surface area contributed by atoms with Gasteiger partial charge >= 0.3 is 0 Å². The molecule has 0 fully saturated rings. The summed E-state index contributed by atoms with van der Waals surface area (Å²) in [5, 5.41) is 12.6. The number of ether oxygens (including phenoxy) is 1. The SMILES string of the molecule is COc1ccc(NCc2ccc(O)cc2)c(C)c1. The zero-order valence-corrected chi connectivity index (χ0v) is 10.6. The highest BCUT2D eigenvalue weighted by atomic mass is 16.5. The molecule has 2 rings (SSSR count). The summed E-state index contributed by atoms with van der Waals surface area (Å²) < 4.78 is 5.17. The van der Waals surface area contributed by atoms with Gasteiger partial charge in [-0.25, -0.2) is 0 Å². The fourth-order valence-corrected chi connectivity index (χ4v) is 1.77. The van der Waals surface area contributed by atoms with Gasteiger partial charge in [-0.3, -0.25) is 0 Å². The van der Waals surface area contributed by atoms with E-state index >= 15 is 0 Å². The number of hydrogen-bond donors (Lipinski definition) is 2. The van der Waals surface area contributed by atoms with Crippen LogP contribution in [0.2, 0.25) is 0 Å². The van der Waals surface area contributed by atoms with E-state index in [1.54, 1.807) is 19.2 Å². The minimum absolute atomic E-state index is 0.291. The number of anilines is 1. The molecule has 0 aliphatic heterocycles. The number of phenols is 1. The minimum atomic E-state index is 0.291. The molecule has 2 N–H and O–H groups in total. The van der Waals surface area contributed by atoms with Crippen molar-refractivity contribution in [2.75, 3.05) is 12.4 Å². The molecule has 0 radical (unpaired) electrons. The summed E-state index contributed by atoms with van der Waals surface area (Å²) in [6, 6.07) is 13.1. The molecule has 18 heavy (non-hydrogen) atoms. The van der Waals surface area contributed by atoms with E-state index in [-0.39, 0.29) is 0 Å². The van der Waals surface area contributed by atoms with Crippen LogP contribution in [0.15, 0.2) is 42.5 Å². The average molecular weight is 243 g/mol. The smallest absolute Gasteiger partial charge is 0.119 e. The summed E-state index contributed by atoms with van der Waals surface area (Å²) in [7, 11) is 1.66. The third kappa shape index (κ3) is 2.94. The van der Waals surface area contributed by atoms with Gasteiger partial charge in [0.05, 0.1) is 7.11 Å². The number of aromatic hydroxyl groups is 1. The van der Waals surface area contributed by atoms with Crippen LogP contribution in [0.3, 0.4) is 0 Å². The first kappa shape index (κ1) is 12.3. The first-order valence-electron chi connectivity index (χ1n) is 5.85. The molecule has 0 aliphatic rings. The van der Waals surface area contributed by atoms with Crippen molar-refractivity contribution in [1.82, 2.24) is 0 Å². The lowest BCUT2D eigenvalue weighted by molar-refractivity contribution is 0.414. The Morgan fingerprint density at radius 3 is 2.44 bits per heavy atom. The normalized spacial score (nSPS) is 10.1. The predicted molar refractivity (Wildman–Crippen MR) is 73.2 cm³/mol. The second kappa shape index (κ2) is 5.45. The first-order valence-corrected chi connectivity index (χ1v) is 5.85. The third-order valence-electron chi connectivity index (χ3n) is 2.85. The quantitative estimate of drug-likeness (QED) is 0.865. The van der Waals surface area contributed by atoms with Crippen LogP contribution in [0.25, 0.3) is 0 Å². The molecule has 0 heterocycles. The summed E-state index contributed by atoms with van der Waals surface area (Å²) in [6.07, 6.45) is 0. The van der Waals surface area contributed by atoms with Crippen LogP contribution in [0.1, 0.15) is 11.1 Å². The van der Waals surface area contributed by atoms with Gasteiger partial charge < -0.3 is 15.2 Å². The maximum Gasteiger partial charge on any atom is 0.119 e. The molecule has 0 saturated heterocycles. The van der Waals surface area contributed by atoms with Crippen LogP contribution < -0.4 is 10.1 Å². The summed E-state index contributed by atoms with van der Waals surface area (Å²) in [6.45, 7) is 2.77. The first-order chi connectivity index (χ1) is 8.69. The highest BCUT2D eigenvalue weighted by molar-refractivity contribution is 5.53. The largest absolute Gasteiger partial charge is 0.508 e.